The highest BCUT2D eigenvalue weighted by atomic mass is 16.2. The van der Waals surface area contributed by atoms with Crippen molar-refractivity contribution >= 4 is 11.8 Å². The van der Waals surface area contributed by atoms with Crippen LogP contribution in [0.25, 0.3) is 0 Å². The maximum atomic E-state index is 12.0. The average Bonchev–Trinajstić information content (AvgIpc) is 2.58. The number of carbonyl (C=O) groups is 2. The van der Waals surface area contributed by atoms with Crippen molar-refractivity contribution in [1.82, 2.24) is 14.7 Å². The maximum Gasteiger partial charge on any atom is 0.320 e. The summed E-state index contributed by atoms with van der Waals surface area (Å²) in [6.45, 7) is 4.72. The number of carbonyl (C=O) groups excluding carboxylic acids is 2. The molecule has 5 heteroatoms. The third-order valence-corrected chi connectivity index (χ3v) is 4.20. The summed E-state index contributed by atoms with van der Waals surface area (Å²) in [5, 5.41) is 0. The molecule has 2 saturated heterocycles. The number of hydrogen-bond donors (Lipinski definition) is 0. The molecule has 2 amide bonds. The molecule has 0 saturated carbocycles. The van der Waals surface area contributed by atoms with Gasteiger partial charge in [0.2, 0.25) is 0 Å². The molecule has 0 aromatic rings. The lowest BCUT2D eigenvalue weighted by Gasteiger charge is -2.34. The molecule has 0 aromatic carbocycles. The van der Waals surface area contributed by atoms with Crippen molar-refractivity contribution in [2.75, 3.05) is 40.3 Å². The molecule has 2 fully saturated rings. The summed E-state index contributed by atoms with van der Waals surface area (Å²) in [7, 11) is 4.01. The van der Waals surface area contributed by atoms with Gasteiger partial charge in [-0.1, -0.05) is 0 Å². The van der Waals surface area contributed by atoms with Crippen molar-refractivity contribution in [3.8, 4) is 0 Å². The van der Waals surface area contributed by atoms with E-state index in [9.17, 15) is 9.59 Å². The fourth-order valence-electron chi connectivity index (χ4n) is 3.07. The highest BCUT2D eigenvalue weighted by Gasteiger charge is 2.39. The molecule has 102 valence electrons. The van der Waals surface area contributed by atoms with Gasteiger partial charge >= 0.3 is 6.03 Å². The van der Waals surface area contributed by atoms with Crippen LogP contribution in [0, 0.1) is 5.92 Å². The Morgan fingerprint density at radius 2 is 1.89 bits per heavy atom. The van der Waals surface area contributed by atoms with Crippen molar-refractivity contribution in [3.05, 3.63) is 0 Å². The summed E-state index contributed by atoms with van der Waals surface area (Å²) in [5.74, 6) is 0.632. The van der Waals surface area contributed by atoms with Crippen molar-refractivity contribution in [2.24, 2.45) is 5.92 Å². The van der Waals surface area contributed by atoms with Crippen LogP contribution in [0.3, 0.4) is 0 Å². The first kappa shape index (κ1) is 13.3. The molecule has 0 radical (unpaired) electrons. The minimum atomic E-state index is 0.00845. The van der Waals surface area contributed by atoms with E-state index >= 15 is 0 Å². The molecule has 0 N–H and O–H groups in total. The number of amides is 2. The van der Waals surface area contributed by atoms with Gasteiger partial charge in [0.15, 0.2) is 0 Å². The standard InChI is InChI=1S/C13H23N3O2/c1-10(17)8-16-9-12(15(3)13(16)18)11-4-6-14(2)7-5-11/h11-12H,4-9H2,1-3H3. The Hall–Kier alpha value is -1.10. The smallest absolute Gasteiger partial charge is 0.320 e. The van der Waals surface area contributed by atoms with Crippen LogP contribution in [-0.4, -0.2) is 72.8 Å². The zero-order chi connectivity index (χ0) is 13.3. The number of nitrogens with zero attached hydrogens (tertiary/aromatic N) is 3. The normalized spacial score (nSPS) is 27.1. The number of likely N-dealkylation sites (N-methyl/N-ethyl adjacent to an activating group) is 1. The summed E-state index contributed by atoms with van der Waals surface area (Å²) in [4.78, 5) is 29.1. The maximum absolute atomic E-state index is 12.0. The van der Waals surface area contributed by atoms with E-state index in [4.69, 9.17) is 0 Å². The SMILES string of the molecule is CC(=O)CN1CC(C2CCN(C)CC2)N(C)C1=O. The predicted molar refractivity (Wildman–Crippen MR) is 69.4 cm³/mol. The second-order valence-corrected chi connectivity index (χ2v) is 5.68. The van der Waals surface area contributed by atoms with E-state index in [1.54, 1.807) is 4.90 Å². The number of piperidine rings is 1. The quantitative estimate of drug-likeness (QED) is 0.742. The summed E-state index contributed by atoms with van der Waals surface area (Å²) >= 11 is 0. The number of urea groups is 1. The first-order chi connectivity index (χ1) is 8.49. The van der Waals surface area contributed by atoms with Gasteiger partial charge in [0.05, 0.1) is 12.6 Å². The van der Waals surface area contributed by atoms with Crippen LogP contribution < -0.4 is 0 Å². The highest BCUT2D eigenvalue weighted by Crippen LogP contribution is 2.28. The van der Waals surface area contributed by atoms with Gasteiger partial charge in [-0.2, -0.15) is 0 Å². The van der Waals surface area contributed by atoms with Crippen LogP contribution in [-0.2, 0) is 4.79 Å². The van der Waals surface area contributed by atoms with E-state index in [0.29, 0.717) is 12.5 Å². The number of Topliss-reactive ketones (excluding diaryl/α,β-unsaturated/α-hetero) is 1. The molecule has 2 aliphatic heterocycles. The summed E-state index contributed by atoms with van der Waals surface area (Å²) in [6.07, 6.45) is 2.29. The van der Waals surface area contributed by atoms with Crippen LogP contribution in [0.15, 0.2) is 0 Å². The minimum absolute atomic E-state index is 0.00845. The summed E-state index contributed by atoms with van der Waals surface area (Å²) in [5.41, 5.74) is 0. The van der Waals surface area contributed by atoms with E-state index in [1.165, 1.54) is 6.92 Å². The molecular weight excluding hydrogens is 230 g/mol. The Bertz CT molecular complexity index is 337. The molecule has 1 atom stereocenters. The number of hydrogen-bond acceptors (Lipinski definition) is 3. The Kier molecular flexibility index (Phi) is 3.90. The van der Waals surface area contributed by atoms with Gasteiger partial charge in [-0.3, -0.25) is 4.79 Å². The molecule has 0 aliphatic carbocycles. The Morgan fingerprint density at radius 3 is 2.44 bits per heavy atom. The zero-order valence-corrected chi connectivity index (χ0v) is 11.6. The van der Waals surface area contributed by atoms with Crippen LogP contribution in [0.1, 0.15) is 19.8 Å². The second-order valence-electron chi connectivity index (χ2n) is 5.68. The van der Waals surface area contributed by atoms with Crippen LogP contribution in [0.2, 0.25) is 0 Å². The van der Waals surface area contributed by atoms with Gasteiger partial charge < -0.3 is 14.7 Å². The van der Waals surface area contributed by atoms with Gasteiger partial charge in [-0.25, -0.2) is 4.79 Å². The van der Waals surface area contributed by atoms with Crippen molar-refractivity contribution in [3.63, 3.8) is 0 Å². The number of rotatable bonds is 3. The van der Waals surface area contributed by atoms with Crippen LogP contribution in [0.4, 0.5) is 4.79 Å². The Labute approximate surface area is 109 Å². The van der Waals surface area contributed by atoms with E-state index in [0.717, 1.165) is 25.9 Å². The molecule has 0 aromatic heterocycles. The van der Waals surface area contributed by atoms with Crippen LogP contribution >= 0.6 is 0 Å². The topological polar surface area (TPSA) is 43.9 Å². The molecule has 2 rings (SSSR count). The fraction of sp³-hybridized carbons (Fsp3) is 0.846. The predicted octanol–water partition coefficient (Wildman–Crippen LogP) is 0.653. The fourth-order valence-corrected chi connectivity index (χ4v) is 3.07. The summed E-state index contributed by atoms with van der Waals surface area (Å²) in [6, 6.07) is 0.291. The van der Waals surface area contributed by atoms with Gasteiger partial charge in [-0.15, -0.1) is 0 Å². The summed E-state index contributed by atoms with van der Waals surface area (Å²) < 4.78 is 0. The monoisotopic (exact) mass is 253 g/mol. The lowest BCUT2D eigenvalue weighted by Crippen LogP contribution is -2.42. The first-order valence-electron chi connectivity index (χ1n) is 6.68. The molecule has 0 bridgehead atoms. The van der Waals surface area contributed by atoms with Crippen molar-refractivity contribution < 1.29 is 9.59 Å². The van der Waals surface area contributed by atoms with Gasteiger partial charge in [0.25, 0.3) is 0 Å². The average molecular weight is 253 g/mol. The Morgan fingerprint density at radius 1 is 1.28 bits per heavy atom. The molecule has 0 spiro atoms. The minimum Gasteiger partial charge on any atom is -0.323 e. The van der Waals surface area contributed by atoms with Gasteiger partial charge in [0, 0.05) is 13.6 Å². The van der Waals surface area contributed by atoms with E-state index in [1.807, 2.05) is 11.9 Å². The third-order valence-electron chi connectivity index (χ3n) is 4.20. The van der Waals surface area contributed by atoms with Gasteiger partial charge in [0.1, 0.15) is 5.78 Å². The van der Waals surface area contributed by atoms with Crippen LogP contribution in [0.5, 0.6) is 0 Å². The third kappa shape index (κ3) is 2.66. The number of likely N-dealkylation sites (tertiary alicyclic amines) is 1. The van der Waals surface area contributed by atoms with Crippen molar-refractivity contribution in [1.29, 1.82) is 0 Å². The number of ketones is 1. The first-order valence-corrected chi connectivity index (χ1v) is 6.68. The lowest BCUT2D eigenvalue weighted by atomic mass is 9.89. The molecule has 18 heavy (non-hydrogen) atoms. The highest BCUT2D eigenvalue weighted by molar-refractivity contribution is 5.85. The molecule has 1 unspecified atom stereocenters. The van der Waals surface area contributed by atoms with E-state index < -0.39 is 0 Å². The second kappa shape index (κ2) is 5.26. The Balaban J connectivity index is 1.98. The van der Waals surface area contributed by atoms with Gasteiger partial charge in [-0.05, 0) is 45.8 Å². The zero-order valence-electron chi connectivity index (χ0n) is 11.6. The molecule has 2 heterocycles. The lowest BCUT2D eigenvalue weighted by molar-refractivity contribution is -0.117. The molecule has 5 nitrogen and oxygen atoms in total. The van der Waals surface area contributed by atoms with E-state index in [2.05, 4.69) is 11.9 Å². The van der Waals surface area contributed by atoms with E-state index in [-0.39, 0.29) is 24.4 Å². The molecule has 2 aliphatic rings. The van der Waals surface area contributed by atoms with Crippen molar-refractivity contribution in [2.45, 2.75) is 25.8 Å². The molecular formula is C13H23N3O2. The largest absolute Gasteiger partial charge is 0.323 e.